The monoisotopic (exact) mass is 368 g/mol. The van der Waals surface area contributed by atoms with Crippen LogP contribution in [0.15, 0.2) is 24.3 Å². The lowest BCUT2D eigenvalue weighted by Crippen LogP contribution is -2.49. The summed E-state index contributed by atoms with van der Waals surface area (Å²) in [5.41, 5.74) is 0.201. The van der Waals surface area contributed by atoms with Gasteiger partial charge in [0.1, 0.15) is 5.75 Å². The maximum atomic E-state index is 12.8. The third-order valence-corrected chi connectivity index (χ3v) is 5.46. The molecule has 1 unspecified atom stereocenters. The highest BCUT2D eigenvalue weighted by Gasteiger charge is 2.31. The van der Waals surface area contributed by atoms with Crippen LogP contribution in [0.1, 0.15) is 30.1 Å². The van der Waals surface area contributed by atoms with Gasteiger partial charge in [-0.05, 0) is 37.8 Å². The van der Waals surface area contributed by atoms with Crippen molar-refractivity contribution in [2.75, 3.05) is 39.4 Å². The van der Waals surface area contributed by atoms with E-state index in [1.807, 2.05) is 0 Å². The summed E-state index contributed by atoms with van der Waals surface area (Å²) in [7, 11) is 0. The van der Waals surface area contributed by atoms with E-state index < -0.39 is 6.61 Å². The molecule has 0 aliphatic carbocycles. The zero-order valence-corrected chi connectivity index (χ0v) is 15.1. The molecule has 2 fully saturated rings. The number of amides is 1. The number of carbonyl (C=O) groups is 1. The Hall–Kier alpha value is -1.73. The molecule has 2 saturated heterocycles. The van der Waals surface area contributed by atoms with Gasteiger partial charge in [-0.2, -0.15) is 8.78 Å². The van der Waals surface area contributed by atoms with Crippen LogP contribution < -0.4 is 4.74 Å². The minimum absolute atomic E-state index is 0.0590. The lowest BCUT2D eigenvalue weighted by Gasteiger charge is -2.41. The quantitative estimate of drug-likeness (QED) is 0.802. The number of piperidine rings is 1. The fourth-order valence-corrected chi connectivity index (χ4v) is 3.88. The highest BCUT2D eigenvalue weighted by atomic mass is 19.3. The Morgan fingerprint density at radius 1 is 1.15 bits per heavy atom. The highest BCUT2D eigenvalue weighted by Crippen LogP contribution is 2.28. The van der Waals surface area contributed by atoms with Crippen molar-refractivity contribution in [3.8, 4) is 5.75 Å². The molecule has 1 amide bonds. The van der Waals surface area contributed by atoms with Crippen LogP contribution in [0.3, 0.4) is 0 Å². The van der Waals surface area contributed by atoms with Gasteiger partial charge in [0.15, 0.2) is 0 Å². The first-order valence-corrected chi connectivity index (χ1v) is 9.21. The zero-order valence-electron chi connectivity index (χ0n) is 15.1. The topological polar surface area (TPSA) is 42.0 Å². The Morgan fingerprint density at radius 3 is 2.46 bits per heavy atom. The van der Waals surface area contributed by atoms with Crippen LogP contribution in [0.5, 0.6) is 5.75 Å². The summed E-state index contributed by atoms with van der Waals surface area (Å²) in [5, 5.41) is 0. The average Bonchev–Trinajstić information content (AvgIpc) is 2.68. The van der Waals surface area contributed by atoms with Crippen LogP contribution in [0.2, 0.25) is 0 Å². The first kappa shape index (κ1) is 19.0. The Bertz CT molecular complexity index is 600. The van der Waals surface area contributed by atoms with E-state index in [4.69, 9.17) is 4.74 Å². The van der Waals surface area contributed by atoms with E-state index in [9.17, 15) is 13.6 Å². The first-order chi connectivity index (χ1) is 12.6. The fraction of sp³-hybridized carbons (Fsp3) is 0.632. The number of halogens is 2. The second-order valence-corrected chi connectivity index (χ2v) is 6.89. The molecule has 1 aromatic rings. The van der Waals surface area contributed by atoms with Crippen molar-refractivity contribution in [3.63, 3.8) is 0 Å². The lowest BCUT2D eigenvalue weighted by atomic mass is 9.89. The van der Waals surface area contributed by atoms with Crippen molar-refractivity contribution in [1.29, 1.82) is 0 Å². The molecular formula is C19H26F2N2O3. The Balaban J connectivity index is 1.58. The largest absolute Gasteiger partial charge is 0.434 e. The number of alkyl halides is 2. The lowest BCUT2D eigenvalue weighted by molar-refractivity contribution is -0.0503. The molecule has 7 heteroatoms. The van der Waals surface area contributed by atoms with Crippen molar-refractivity contribution in [2.45, 2.75) is 32.4 Å². The molecule has 144 valence electrons. The summed E-state index contributed by atoms with van der Waals surface area (Å²) in [5.74, 6) is 0.236. The van der Waals surface area contributed by atoms with Crippen molar-refractivity contribution < 1.29 is 23.0 Å². The molecule has 1 atom stereocenters. The maximum Gasteiger partial charge on any atom is 0.387 e. The smallest absolute Gasteiger partial charge is 0.387 e. The molecule has 0 saturated carbocycles. The predicted molar refractivity (Wildman–Crippen MR) is 93.6 cm³/mol. The second kappa shape index (κ2) is 8.77. The molecule has 26 heavy (non-hydrogen) atoms. The minimum atomic E-state index is -2.94. The van der Waals surface area contributed by atoms with Gasteiger partial charge in [0.2, 0.25) is 0 Å². The van der Waals surface area contributed by atoms with Gasteiger partial charge in [0, 0.05) is 32.2 Å². The van der Waals surface area contributed by atoms with Crippen molar-refractivity contribution in [2.24, 2.45) is 5.92 Å². The van der Waals surface area contributed by atoms with Crippen molar-refractivity contribution in [3.05, 3.63) is 29.8 Å². The molecule has 0 bridgehead atoms. The molecule has 3 rings (SSSR count). The molecule has 5 nitrogen and oxygen atoms in total. The molecule has 0 radical (unpaired) electrons. The van der Waals surface area contributed by atoms with Crippen LogP contribution in [0.25, 0.3) is 0 Å². The number of morpholine rings is 1. The van der Waals surface area contributed by atoms with Gasteiger partial charge in [-0.15, -0.1) is 0 Å². The zero-order chi connectivity index (χ0) is 18.5. The van der Waals surface area contributed by atoms with Crippen LogP contribution in [0, 0.1) is 5.92 Å². The third-order valence-electron chi connectivity index (χ3n) is 5.46. The molecule has 0 N–H and O–H groups in total. The van der Waals surface area contributed by atoms with Gasteiger partial charge in [-0.1, -0.05) is 12.1 Å². The summed E-state index contributed by atoms with van der Waals surface area (Å²) in [6.07, 6.45) is 1.84. The summed E-state index contributed by atoms with van der Waals surface area (Å²) < 4.78 is 35.0. The van der Waals surface area contributed by atoms with E-state index in [0.717, 1.165) is 39.1 Å². The Kier molecular flexibility index (Phi) is 6.43. The predicted octanol–water partition coefficient (Wildman–Crippen LogP) is 2.86. The molecule has 0 aromatic heterocycles. The highest BCUT2D eigenvalue weighted by molar-refractivity contribution is 5.97. The standard InChI is InChI=1S/C19H26F2N2O3/c1-14(22-10-12-25-13-11-22)15-6-8-23(9-7-15)18(24)16-4-2-3-5-17(16)26-19(20)21/h2-5,14-15,19H,6-13H2,1H3. The van der Waals surface area contributed by atoms with E-state index in [2.05, 4.69) is 16.6 Å². The van der Waals surface area contributed by atoms with E-state index in [1.165, 1.54) is 6.07 Å². The SMILES string of the molecule is CC(C1CCN(C(=O)c2ccccc2OC(F)F)CC1)N1CCOCC1. The van der Waals surface area contributed by atoms with E-state index in [1.54, 1.807) is 23.1 Å². The third kappa shape index (κ3) is 4.51. The van der Waals surface area contributed by atoms with Crippen molar-refractivity contribution in [1.82, 2.24) is 9.80 Å². The normalized spacial score (nSPS) is 21.0. The van der Waals surface area contributed by atoms with Crippen LogP contribution in [-0.2, 0) is 4.74 Å². The maximum absolute atomic E-state index is 12.8. The van der Waals surface area contributed by atoms with Crippen LogP contribution >= 0.6 is 0 Å². The second-order valence-electron chi connectivity index (χ2n) is 6.89. The number of hydrogen-bond donors (Lipinski definition) is 0. The van der Waals surface area contributed by atoms with Crippen molar-refractivity contribution >= 4 is 5.91 Å². The fourth-order valence-electron chi connectivity index (χ4n) is 3.88. The number of para-hydroxylation sites is 1. The van der Waals surface area contributed by atoms with E-state index in [0.29, 0.717) is 25.0 Å². The van der Waals surface area contributed by atoms with Gasteiger partial charge in [0.05, 0.1) is 18.8 Å². The van der Waals surface area contributed by atoms with E-state index in [-0.39, 0.29) is 17.2 Å². The van der Waals surface area contributed by atoms with Gasteiger partial charge in [0.25, 0.3) is 5.91 Å². The number of hydrogen-bond acceptors (Lipinski definition) is 4. The van der Waals surface area contributed by atoms with Crippen LogP contribution in [0.4, 0.5) is 8.78 Å². The Morgan fingerprint density at radius 2 is 1.81 bits per heavy atom. The first-order valence-electron chi connectivity index (χ1n) is 9.21. The van der Waals surface area contributed by atoms with Gasteiger partial charge >= 0.3 is 6.61 Å². The number of likely N-dealkylation sites (tertiary alicyclic amines) is 1. The van der Waals surface area contributed by atoms with Gasteiger partial charge in [-0.3, -0.25) is 9.69 Å². The number of nitrogens with zero attached hydrogens (tertiary/aromatic N) is 2. The molecule has 2 aliphatic heterocycles. The Labute approximate surface area is 152 Å². The summed E-state index contributed by atoms with van der Waals surface area (Å²) >= 11 is 0. The molecule has 2 aliphatic rings. The summed E-state index contributed by atoms with van der Waals surface area (Å²) in [6, 6.07) is 6.67. The number of carbonyl (C=O) groups excluding carboxylic acids is 1. The molecule has 0 spiro atoms. The molecule has 1 aromatic carbocycles. The van der Waals surface area contributed by atoms with Crippen LogP contribution in [-0.4, -0.2) is 67.8 Å². The molecular weight excluding hydrogens is 342 g/mol. The summed E-state index contributed by atoms with van der Waals surface area (Å²) in [4.78, 5) is 17.0. The van der Waals surface area contributed by atoms with Gasteiger partial charge < -0.3 is 14.4 Å². The van der Waals surface area contributed by atoms with Gasteiger partial charge in [-0.25, -0.2) is 0 Å². The minimum Gasteiger partial charge on any atom is -0.434 e. The summed E-state index contributed by atoms with van der Waals surface area (Å²) in [6.45, 7) is 4.06. The number of rotatable bonds is 5. The number of benzene rings is 1. The molecule has 2 heterocycles. The average molecular weight is 368 g/mol. The van der Waals surface area contributed by atoms with E-state index >= 15 is 0 Å². The number of ether oxygens (including phenoxy) is 2.